The molecule has 0 aromatic heterocycles. The third kappa shape index (κ3) is 4.70. The molecule has 1 aromatic carbocycles. The molecule has 3 heteroatoms. The van der Waals surface area contributed by atoms with Gasteiger partial charge in [0, 0.05) is 23.7 Å². The molecule has 2 nitrogen and oxygen atoms in total. The molecule has 0 bridgehead atoms. The van der Waals surface area contributed by atoms with E-state index in [4.69, 9.17) is 11.6 Å². The molecule has 0 saturated carbocycles. The molecule has 0 amide bonds. The molecule has 1 saturated heterocycles. The maximum atomic E-state index is 6.13. The third-order valence-corrected chi connectivity index (χ3v) is 4.85. The van der Waals surface area contributed by atoms with Crippen LogP contribution in [0.2, 0.25) is 5.02 Å². The van der Waals surface area contributed by atoms with Gasteiger partial charge < -0.3 is 5.32 Å². The van der Waals surface area contributed by atoms with Gasteiger partial charge in [0.05, 0.1) is 0 Å². The van der Waals surface area contributed by atoms with Crippen LogP contribution >= 0.6 is 11.6 Å². The van der Waals surface area contributed by atoms with Crippen LogP contribution in [0.15, 0.2) is 24.3 Å². The number of benzene rings is 1. The first-order valence-corrected chi connectivity index (χ1v) is 8.72. The summed E-state index contributed by atoms with van der Waals surface area (Å²) in [5, 5.41) is 4.60. The first-order valence-electron chi connectivity index (χ1n) is 8.34. The van der Waals surface area contributed by atoms with Crippen LogP contribution in [-0.4, -0.2) is 30.6 Å². The predicted octanol–water partition coefficient (Wildman–Crippen LogP) is 4.50. The number of nitrogens with one attached hydrogen (secondary N) is 1. The highest BCUT2D eigenvalue weighted by Gasteiger charge is 2.25. The summed E-state index contributed by atoms with van der Waals surface area (Å²) >= 11 is 6.13. The Morgan fingerprint density at radius 2 is 1.95 bits per heavy atom. The zero-order valence-electron chi connectivity index (χ0n) is 13.6. The Kier molecular flexibility index (Phi) is 6.53. The van der Waals surface area contributed by atoms with Gasteiger partial charge in [0.2, 0.25) is 0 Å². The van der Waals surface area contributed by atoms with Crippen molar-refractivity contribution in [1.82, 2.24) is 10.2 Å². The van der Waals surface area contributed by atoms with Crippen molar-refractivity contribution in [1.29, 1.82) is 0 Å². The third-order valence-electron chi connectivity index (χ3n) is 4.61. The molecule has 1 aliphatic heterocycles. The van der Waals surface area contributed by atoms with Gasteiger partial charge in [-0.1, -0.05) is 44.5 Å². The van der Waals surface area contributed by atoms with Crippen LogP contribution in [0.4, 0.5) is 0 Å². The standard InChI is InChI=1S/C18H29ClN2/c1-4-17(15-8-7-9-16(19)12-15)20-13-18(14(2)3)21-10-5-6-11-21/h7-9,12,14,17-18,20H,4-6,10-11,13H2,1-3H3. The summed E-state index contributed by atoms with van der Waals surface area (Å²) in [5.41, 5.74) is 1.30. The van der Waals surface area contributed by atoms with E-state index in [0.29, 0.717) is 18.0 Å². The molecule has 2 atom stereocenters. The van der Waals surface area contributed by atoms with Crippen LogP contribution in [0.1, 0.15) is 51.6 Å². The minimum absolute atomic E-state index is 0.396. The Morgan fingerprint density at radius 3 is 2.52 bits per heavy atom. The Bertz CT molecular complexity index is 427. The van der Waals surface area contributed by atoms with E-state index in [1.165, 1.54) is 31.5 Å². The van der Waals surface area contributed by atoms with Crippen molar-refractivity contribution >= 4 is 11.6 Å². The molecule has 21 heavy (non-hydrogen) atoms. The average molecular weight is 309 g/mol. The Hall–Kier alpha value is -0.570. The molecule has 1 heterocycles. The fourth-order valence-electron chi connectivity index (χ4n) is 3.34. The predicted molar refractivity (Wildman–Crippen MR) is 91.9 cm³/mol. The minimum Gasteiger partial charge on any atom is -0.308 e. The second-order valence-corrected chi connectivity index (χ2v) is 6.91. The monoisotopic (exact) mass is 308 g/mol. The van der Waals surface area contributed by atoms with Gasteiger partial charge in [-0.3, -0.25) is 4.90 Å². The van der Waals surface area contributed by atoms with E-state index < -0.39 is 0 Å². The zero-order chi connectivity index (χ0) is 15.2. The molecule has 1 aromatic rings. The lowest BCUT2D eigenvalue weighted by atomic mass is 10.00. The summed E-state index contributed by atoms with van der Waals surface area (Å²) in [6, 6.07) is 9.28. The van der Waals surface area contributed by atoms with Gasteiger partial charge in [-0.2, -0.15) is 0 Å². The smallest absolute Gasteiger partial charge is 0.0409 e. The molecular weight excluding hydrogens is 280 g/mol. The molecule has 2 unspecified atom stereocenters. The van der Waals surface area contributed by atoms with Gasteiger partial charge in [-0.15, -0.1) is 0 Å². The molecule has 0 aliphatic carbocycles. The van der Waals surface area contributed by atoms with Crippen LogP contribution in [0.25, 0.3) is 0 Å². The fraction of sp³-hybridized carbons (Fsp3) is 0.667. The second-order valence-electron chi connectivity index (χ2n) is 6.48. The van der Waals surface area contributed by atoms with Crippen molar-refractivity contribution in [3.63, 3.8) is 0 Å². The quantitative estimate of drug-likeness (QED) is 0.798. The number of halogens is 1. The first kappa shape index (κ1) is 16.8. The molecule has 0 spiro atoms. The van der Waals surface area contributed by atoms with Crippen LogP contribution < -0.4 is 5.32 Å². The summed E-state index contributed by atoms with van der Waals surface area (Å²) in [4.78, 5) is 2.66. The largest absolute Gasteiger partial charge is 0.308 e. The lowest BCUT2D eigenvalue weighted by molar-refractivity contribution is 0.181. The normalized spacial score (nSPS) is 19.1. The molecule has 0 radical (unpaired) electrons. The van der Waals surface area contributed by atoms with E-state index in [2.05, 4.69) is 43.1 Å². The SMILES string of the molecule is CCC(NCC(C(C)C)N1CCCC1)c1cccc(Cl)c1. The number of hydrogen-bond acceptors (Lipinski definition) is 2. The summed E-state index contributed by atoms with van der Waals surface area (Å²) < 4.78 is 0. The minimum atomic E-state index is 0.396. The van der Waals surface area contributed by atoms with E-state index in [-0.39, 0.29) is 0 Å². The van der Waals surface area contributed by atoms with Gasteiger partial charge in [-0.05, 0) is 56.0 Å². The van der Waals surface area contributed by atoms with Crippen LogP contribution in [0.5, 0.6) is 0 Å². The number of hydrogen-bond donors (Lipinski definition) is 1. The highest BCUT2D eigenvalue weighted by molar-refractivity contribution is 6.30. The van der Waals surface area contributed by atoms with Crippen LogP contribution in [-0.2, 0) is 0 Å². The molecular formula is C18H29ClN2. The zero-order valence-corrected chi connectivity index (χ0v) is 14.4. The average Bonchev–Trinajstić information content (AvgIpc) is 2.97. The molecule has 1 N–H and O–H groups in total. The maximum Gasteiger partial charge on any atom is 0.0409 e. The summed E-state index contributed by atoms with van der Waals surface area (Å²) in [5.74, 6) is 0.687. The van der Waals surface area contributed by atoms with E-state index in [0.717, 1.165) is 18.0 Å². The first-order chi connectivity index (χ1) is 10.1. The molecule has 1 fully saturated rings. The van der Waals surface area contributed by atoms with Crippen molar-refractivity contribution in [3.05, 3.63) is 34.9 Å². The highest BCUT2D eigenvalue weighted by Crippen LogP contribution is 2.22. The molecule has 2 rings (SSSR count). The maximum absolute atomic E-state index is 6.13. The van der Waals surface area contributed by atoms with E-state index >= 15 is 0 Å². The lowest BCUT2D eigenvalue weighted by Crippen LogP contribution is -2.45. The summed E-state index contributed by atoms with van der Waals surface area (Å²) in [7, 11) is 0. The Labute approximate surface area is 134 Å². The van der Waals surface area contributed by atoms with Crippen molar-refractivity contribution < 1.29 is 0 Å². The number of likely N-dealkylation sites (tertiary alicyclic amines) is 1. The van der Waals surface area contributed by atoms with Gasteiger partial charge in [0.1, 0.15) is 0 Å². The van der Waals surface area contributed by atoms with Crippen molar-refractivity contribution in [3.8, 4) is 0 Å². The Balaban J connectivity index is 1.97. The van der Waals surface area contributed by atoms with Crippen LogP contribution in [0, 0.1) is 5.92 Å². The van der Waals surface area contributed by atoms with Gasteiger partial charge in [0.15, 0.2) is 0 Å². The van der Waals surface area contributed by atoms with Gasteiger partial charge >= 0.3 is 0 Å². The van der Waals surface area contributed by atoms with Crippen LogP contribution in [0.3, 0.4) is 0 Å². The van der Waals surface area contributed by atoms with Gasteiger partial charge in [-0.25, -0.2) is 0 Å². The highest BCUT2D eigenvalue weighted by atomic mass is 35.5. The molecule has 1 aliphatic rings. The van der Waals surface area contributed by atoms with Gasteiger partial charge in [0.25, 0.3) is 0 Å². The van der Waals surface area contributed by atoms with E-state index in [1.807, 2.05) is 12.1 Å². The number of nitrogens with zero attached hydrogens (tertiary/aromatic N) is 1. The van der Waals surface area contributed by atoms with E-state index in [1.54, 1.807) is 0 Å². The van der Waals surface area contributed by atoms with E-state index in [9.17, 15) is 0 Å². The number of rotatable bonds is 7. The van der Waals surface area contributed by atoms with Crippen molar-refractivity contribution in [2.75, 3.05) is 19.6 Å². The lowest BCUT2D eigenvalue weighted by Gasteiger charge is -2.32. The molecule has 118 valence electrons. The van der Waals surface area contributed by atoms with Crippen molar-refractivity contribution in [2.24, 2.45) is 5.92 Å². The Morgan fingerprint density at radius 1 is 1.24 bits per heavy atom. The summed E-state index contributed by atoms with van der Waals surface area (Å²) in [6.07, 6.45) is 3.80. The fourth-order valence-corrected chi connectivity index (χ4v) is 3.54. The topological polar surface area (TPSA) is 15.3 Å². The van der Waals surface area contributed by atoms with Crippen molar-refractivity contribution in [2.45, 2.75) is 52.1 Å². The second kappa shape index (κ2) is 8.17. The summed E-state index contributed by atoms with van der Waals surface area (Å²) in [6.45, 7) is 10.5.